The van der Waals surface area contributed by atoms with Gasteiger partial charge in [-0.3, -0.25) is 9.69 Å². The average Bonchev–Trinajstić information content (AvgIpc) is 2.44. The molecule has 0 bridgehead atoms. The van der Waals surface area contributed by atoms with Crippen LogP contribution in [0, 0.1) is 0 Å². The number of morpholine rings is 1. The Hall–Kier alpha value is -0.970. The fraction of sp³-hybridized carbons (Fsp3) is 0.471. The highest BCUT2D eigenvalue weighted by atomic mass is 79.9. The topological polar surface area (TPSA) is 29.5 Å². The van der Waals surface area contributed by atoms with E-state index in [1.807, 2.05) is 12.1 Å². The van der Waals surface area contributed by atoms with E-state index in [-0.39, 0.29) is 24.0 Å². The number of rotatable bonds is 5. The van der Waals surface area contributed by atoms with Gasteiger partial charge in [0.15, 0.2) is 5.78 Å². The van der Waals surface area contributed by atoms with Gasteiger partial charge in [0.1, 0.15) is 0 Å². The third-order valence-corrected chi connectivity index (χ3v) is 4.29. The van der Waals surface area contributed by atoms with Crippen LogP contribution < -0.4 is 0 Å². The summed E-state index contributed by atoms with van der Waals surface area (Å²) in [5.74, 6) is 0.0784. The summed E-state index contributed by atoms with van der Waals surface area (Å²) in [5, 5.41) is 0. The molecule has 3 nitrogen and oxygen atoms in total. The molecule has 3 unspecified atom stereocenters. The van der Waals surface area contributed by atoms with Gasteiger partial charge in [-0.15, -0.1) is 0 Å². The van der Waals surface area contributed by atoms with E-state index in [2.05, 4.69) is 53.4 Å². The maximum atomic E-state index is 11.9. The molecule has 0 aromatic heterocycles. The molecule has 2 rings (SSSR count). The van der Waals surface area contributed by atoms with E-state index in [1.54, 1.807) is 0 Å². The van der Waals surface area contributed by atoms with Gasteiger partial charge in [-0.1, -0.05) is 34.6 Å². The Bertz CT molecular complexity index is 490. The zero-order chi connectivity index (χ0) is 15.4. The first-order valence-electron chi connectivity index (χ1n) is 7.30. The number of halogens is 1. The van der Waals surface area contributed by atoms with Crippen molar-refractivity contribution in [3.63, 3.8) is 0 Å². The van der Waals surface area contributed by atoms with Crippen molar-refractivity contribution in [2.75, 3.05) is 13.1 Å². The SMILES string of the molecule is C=CC(=O)CC(c1ccc(Br)cc1)N1CC(C)OC(C)C1. The van der Waals surface area contributed by atoms with Gasteiger partial charge < -0.3 is 4.74 Å². The highest BCUT2D eigenvalue weighted by Gasteiger charge is 2.29. The first kappa shape index (κ1) is 16.4. The molecule has 4 heteroatoms. The monoisotopic (exact) mass is 351 g/mol. The van der Waals surface area contributed by atoms with Crippen LogP contribution in [0.15, 0.2) is 41.4 Å². The third-order valence-electron chi connectivity index (χ3n) is 3.77. The number of nitrogens with zero attached hydrogens (tertiary/aromatic N) is 1. The second-order valence-electron chi connectivity index (χ2n) is 5.65. The normalized spacial score (nSPS) is 24.5. The molecule has 0 radical (unpaired) electrons. The summed E-state index contributed by atoms with van der Waals surface area (Å²) in [6.45, 7) is 9.44. The van der Waals surface area contributed by atoms with Crippen LogP contribution in [0.4, 0.5) is 0 Å². The Morgan fingerprint density at radius 3 is 2.48 bits per heavy atom. The molecule has 21 heavy (non-hydrogen) atoms. The highest BCUT2D eigenvalue weighted by Crippen LogP contribution is 2.29. The third kappa shape index (κ3) is 4.50. The van der Waals surface area contributed by atoms with Crippen molar-refractivity contribution in [2.45, 2.75) is 38.5 Å². The van der Waals surface area contributed by atoms with Crippen molar-refractivity contribution in [2.24, 2.45) is 0 Å². The first-order valence-corrected chi connectivity index (χ1v) is 8.09. The van der Waals surface area contributed by atoms with E-state index < -0.39 is 0 Å². The first-order chi connectivity index (χ1) is 9.99. The summed E-state index contributed by atoms with van der Waals surface area (Å²) < 4.78 is 6.84. The molecule has 1 aromatic rings. The second kappa shape index (κ2) is 7.34. The summed E-state index contributed by atoms with van der Waals surface area (Å²) in [7, 11) is 0. The standard InChI is InChI=1S/C17H22BrNO2/c1-4-16(20)9-17(14-5-7-15(18)8-6-14)19-10-12(2)21-13(3)11-19/h4-8,12-13,17H,1,9-11H2,2-3H3. The van der Waals surface area contributed by atoms with Gasteiger partial charge in [0.05, 0.1) is 12.2 Å². The van der Waals surface area contributed by atoms with Gasteiger partial charge in [-0.25, -0.2) is 0 Å². The largest absolute Gasteiger partial charge is 0.373 e. The van der Waals surface area contributed by atoms with Crippen LogP contribution in [-0.2, 0) is 9.53 Å². The molecule has 0 spiro atoms. The van der Waals surface area contributed by atoms with E-state index in [9.17, 15) is 4.79 Å². The Morgan fingerprint density at radius 1 is 1.38 bits per heavy atom. The van der Waals surface area contributed by atoms with E-state index in [1.165, 1.54) is 6.08 Å². The molecule has 1 aliphatic rings. The van der Waals surface area contributed by atoms with Crippen LogP contribution in [0.2, 0.25) is 0 Å². The Balaban J connectivity index is 2.24. The van der Waals surface area contributed by atoms with Crippen LogP contribution in [0.5, 0.6) is 0 Å². The van der Waals surface area contributed by atoms with Gasteiger partial charge in [0.2, 0.25) is 0 Å². The Labute approximate surface area is 135 Å². The van der Waals surface area contributed by atoms with E-state index in [0.717, 1.165) is 23.1 Å². The molecule has 1 aliphatic heterocycles. The summed E-state index contributed by atoms with van der Waals surface area (Å²) >= 11 is 3.46. The van der Waals surface area contributed by atoms with E-state index in [0.29, 0.717) is 6.42 Å². The number of carbonyl (C=O) groups is 1. The summed E-state index contributed by atoms with van der Waals surface area (Å²) in [6, 6.07) is 8.28. The number of allylic oxidation sites excluding steroid dienone is 1. The molecule has 0 aliphatic carbocycles. The minimum Gasteiger partial charge on any atom is -0.373 e. The molecule has 1 heterocycles. The number of carbonyl (C=O) groups excluding carboxylic acids is 1. The Morgan fingerprint density at radius 2 is 1.95 bits per heavy atom. The molecule has 1 fully saturated rings. The highest BCUT2D eigenvalue weighted by molar-refractivity contribution is 9.10. The van der Waals surface area contributed by atoms with Gasteiger partial charge >= 0.3 is 0 Å². The number of ether oxygens (including phenoxy) is 1. The average molecular weight is 352 g/mol. The van der Waals surface area contributed by atoms with Crippen molar-refractivity contribution in [1.29, 1.82) is 0 Å². The lowest BCUT2D eigenvalue weighted by atomic mass is 9.98. The Kier molecular flexibility index (Phi) is 5.73. The second-order valence-corrected chi connectivity index (χ2v) is 6.57. The lowest BCUT2D eigenvalue weighted by molar-refractivity contribution is -0.118. The summed E-state index contributed by atoms with van der Waals surface area (Å²) in [6.07, 6.45) is 2.25. The van der Waals surface area contributed by atoms with Crippen LogP contribution in [0.1, 0.15) is 31.9 Å². The quantitative estimate of drug-likeness (QED) is 0.756. The molecular weight excluding hydrogens is 330 g/mol. The van der Waals surface area contributed by atoms with Crippen molar-refractivity contribution in [3.8, 4) is 0 Å². The molecule has 0 N–H and O–H groups in total. The minimum absolute atomic E-state index is 0.0784. The molecule has 3 atom stereocenters. The van der Waals surface area contributed by atoms with Gasteiger partial charge in [-0.05, 0) is 37.6 Å². The van der Waals surface area contributed by atoms with Crippen LogP contribution in [0.25, 0.3) is 0 Å². The maximum Gasteiger partial charge on any atom is 0.157 e. The number of hydrogen-bond donors (Lipinski definition) is 0. The lowest BCUT2D eigenvalue weighted by Crippen LogP contribution is -2.47. The molecule has 1 saturated heterocycles. The smallest absolute Gasteiger partial charge is 0.157 e. The van der Waals surface area contributed by atoms with E-state index in [4.69, 9.17) is 4.74 Å². The zero-order valence-electron chi connectivity index (χ0n) is 12.6. The van der Waals surface area contributed by atoms with Crippen molar-refractivity contribution >= 4 is 21.7 Å². The lowest BCUT2D eigenvalue weighted by Gasteiger charge is -2.40. The molecule has 0 saturated carbocycles. The van der Waals surface area contributed by atoms with Crippen molar-refractivity contribution in [3.05, 3.63) is 47.0 Å². The number of benzene rings is 1. The number of hydrogen-bond acceptors (Lipinski definition) is 3. The van der Waals surface area contributed by atoms with Gasteiger partial charge in [0.25, 0.3) is 0 Å². The van der Waals surface area contributed by atoms with Crippen LogP contribution >= 0.6 is 15.9 Å². The van der Waals surface area contributed by atoms with Gasteiger partial charge in [0, 0.05) is 30.0 Å². The fourth-order valence-corrected chi connectivity index (χ4v) is 3.15. The number of ketones is 1. The molecule has 0 amide bonds. The maximum absolute atomic E-state index is 11.9. The summed E-state index contributed by atoms with van der Waals surface area (Å²) in [5.41, 5.74) is 1.16. The van der Waals surface area contributed by atoms with Crippen molar-refractivity contribution < 1.29 is 9.53 Å². The zero-order valence-corrected chi connectivity index (χ0v) is 14.2. The molecule has 1 aromatic carbocycles. The summed E-state index contributed by atoms with van der Waals surface area (Å²) in [4.78, 5) is 14.2. The fourth-order valence-electron chi connectivity index (χ4n) is 2.89. The van der Waals surface area contributed by atoms with Crippen molar-refractivity contribution in [1.82, 2.24) is 4.90 Å². The molecular formula is C17H22BrNO2. The van der Waals surface area contributed by atoms with Gasteiger partial charge in [-0.2, -0.15) is 0 Å². The minimum atomic E-state index is 0.0784. The predicted octanol–water partition coefficient (Wildman–Crippen LogP) is 3.74. The molecule has 114 valence electrons. The van der Waals surface area contributed by atoms with E-state index >= 15 is 0 Å². The predicted molar refractivity (Wildman–Crippen MR) is 88.3 cm³/mol. The van der Waals surface area contributed by atoms with Crippen LogP contribution in [0.3, 0.4) is 0 Å². The van der Waals surface area contributed by atoms with Crippen LogP contribution in [-0.4, -0.2) is 36.0 Å².